The van der Waals surface area contributed by atoms with Gasteiger partial charge in [-0.15, -0.1) is 0 Å². The predicted octanol–water partition coefficient (Wildman–Crippen LogP) is 6.79. The van der Waals surface area contributed by atoms with E-state index in [1.165, 1.54) is 22.3 Å². The Morgan fingerprint density at radius 1 is 0.583 bits per heavy atom. The summed E-state index contributed by atoms with van der Waals surface area (Å²) in [7, 11) is 0. The van der Waals surface area contributed by atoms with Gasteiger partial charge in [-0.05, 0) is 63.2 Å². The van der Waals surface area contributed by atoms with E-state index in [0.29, 0.717) is 0 Å². The van der Waals surface area contributed by atoms with Crippen LogP contribution in [-0.2, 0) is 5.41 Å². The Kier molecular flexibility index (Phi) is 5.55. The molecular weight excluding hydrogens is 444 g/mol. The van der Waals surface area contributed by atoms with Crippen LogP contribution in [0.4, 0.5) is 0 Å². The summed E-state index contributed by atoms with van der Waals surface area (Å²) in [6.45, 7) is 0.233. The van der Waals surface area contributed by atoms with Gasteiger partial charge in [-0.25, -0.2) is 0 Å². The molecule has 1 aliphatic carbocycles. The normalized spacial score (nSPS) is 13.1. The van der Waals surface area contributed by atoms with E-state index in [1.807, 2.05) is 54.6 Å². The second-order valence-electron chi connectivity index (χ2n) is 9.04. The zero-order valence-electron chi connectivity index (χ0n) is 19.8. The number of ether oxygens (including phenoxy) is 1. The number of phenols is 1. The first-order chi connectivity index (χ1) is 17.7. The average Bonchev–Trinajstić information content (AvgIpc) is 3.24. The first kappa shape index (κ1) is 22.1. The van der Waals surface area contributed by atoms with Gasteiger partial charge in [0.15, 0.2) is 0 Å². The molecule has 3 heteroatoms. The Labute approximate surface area is 210 Å². The van der Waals surface area contributed by atoms with Crippen molar-refractivity contribution in [3.63, 3.8) is 0 Å². The summed E-state index contributed by atoms with van der Waals surface area (Å²) in [6.07, 6.45) is 0. The molecule has 176 valence electrons. The van der Waals surface area contributed by atoms with Crippen LogP contribution >= 0.6 is 0 Å². The summed E-state index contributed by atoms with van der Waals surface area (Å²) in [5.41, 5.74) is 8.24. The summed E-state index contributed by atoms with van der Waals surface area (Å²) in [5.74, 6) is 0.977. The third kappa shape index (κ3) is 3.40. The molecule has 0 saturated carbocycles. The lowest BCUT2D eigenvalue weighted by Crippen LogP contribution is -2.28. The number of benzene rings is 5. The Bertz CT molecular complexity index is 1480. The van der Waals surface area contributed by atoms with E-state index < -0.39 is 5.41 Å². The quantitative estimate of drug-likeness (QED) is 0.282. The molecule has 6 rings (SSSR count). The molecule has 1 aliphatic rings. The number of aliphatic hydroxyl groups excluding tert-OH is 1. The van der Waals surface area contributed by atoms with Crippen LogP contribution in [0.25, 0.3) is 22.3 Å². The molecule has 0 unspecified atom stereocenters. The van der Waals surface area contributed by atoms with Gasteiger partial charge in [-0.3, -0.25) is 0 Å². The van der Waals surface area contributed by atoms with Crippen molar-refractivity contribution in [2.75, 3.05) is 13.2 Å². The van der Waals surface area contributed by atoms with E-state index in [4.69, 9.17) is 9.84 Å². The van der Waals surface area contributed by atoms with E-state index in [1.54, 1.807) is 0 Å². The van der Waals surface area contributed by atoms with E-state index in [-0.39, 0.29) is 19.0 Å². The molecule has 5 aromatic rings. The topological polar surface area (TPSA) is 49.7 Å². The molecule has 0 spiro atoms. The summed E-state index contributed by atoms with van der Waals surface area (Å²) in [6, 6.07) is 41.3. The highest BCUT2D eigenvalue weighted by atomic mass is 16.5. The van der Waals surface area contributed by atoms with Crippen LogP contribution in [0, 0.1) is 0 Å². The molecule has 2 N–H and O–H groups in total. The standard InChI is InChI=1S/C33H26O3/c34-20-21-36-26-17-14-24(15-18-26)33(25-16-19-32(35)29(22-25)23-8-2-1-3-9-23)30-12-6-4-10-27(30)28-11-5-7-13-31(28)33/h1-19,22,34-35H,20-21H2. The van der Waals surface area contributed by atoms with Crippen LogP contribution in [0.2, 0.25) is 0 Å². The second kappa shape index (κ2) is 9.03. The molecule has 0 saturated heterocycles. The number of hydrogen-bond donors (Lipinski definition) is 2. The van der Waals surface area contributed by atoms with Crippen molar-refractivity contribution in [3.8, 4) is 33.8 Å². The van der Waals surface area contributed by atoms with Crippen molar-refractivity contribution >= 4 is 0 Å². The second-order valence-corrected chi connectivity index (χ2v) is 9.04. The fourth-order valence-electron chi connectivity index (χ4n) is 5.61. The molecule has 0 atom stereocenters. The van der Waals surface area contributed by atoms with Crippen molar-refractivity contribution < 1.29 is 14.9 Å². The summed E-state index contributed by atoms with van der Waals surface area (Å²) < 4.78 is 5.66. The Morgan fingerprint density at radius 2 is 1.17 bits per heavy atom. The highest BCUT2D eigenvalue weighted by Gasteiger charge is 2.46. The van der Waals surface area contributed by atoms with Gasteiger partial charge in [0.2, 0.25) is 0 Å². The van der Waals surface area contributed by atoms with Crippen LogP contribution in [0.5, 0.6) is 11.5 Å². The maximum absolute atomic E-state index is 10.9. The van der Waals surface area contributed by atoms with Gasteiger partial charge in [0.05, 0.1) is 12.0 Å². The van der Waals surface area contributed by atoms with Crippen molar-refractivity contribution in [2.45, 2.75) is 5.41 Å². The molecule has 0 fully saturated rings. The minimum atomic E-state index is -0.570. The molecule has 0 amide bonds. The monoisotopic (exact) mass is 470 g/mol. The van der Waals surface area contributed by atoms with Crippen molar-refractivity contribution in [3.05, 3.63) is 144 Å². The highest BCUT2D eigenvalue weighted by Crippen LogP contribution is 2.56. The zero-order valence-corrected chi connectivity index (χ0v) is 19.8. The average molecular weight is 471 g/mol. The molecule has 0 aliphatic heterocycles. The van der Waals surface area contributed by atoms with Crippen LogP contribution in [0.15, 0.2) is 121 Å². The van der Waals surface area contributed by atoms with Gasteiger partial charge in [0.1, 0.15) is 18.1 Å². The predicted molar refractivity (Wildman–Crippen MR) is 143 cm³/mol. The minimum absolute atomic E-state index is 0.0256. The van der Waals surface area contributed by atoms with E-state index in [0.717, 1.165) is 28.0 Å². The molecule has 0 radical (unpaired) electrons. The SMILES string of the molecule is OCCOc1ccc(C2(c3ccc(O)c(-c4ccccc4)c3)c3ccccc3-c3ccccc32)cc1. The number of rotatable bonds is 6. The van der Waals surface area contributed by atoms with Crippen LogP contribution < -0.4 is 4.74 Å². The third-order valence-electron chi connectivity index (χ3n) is 7.11. The molecule has 3 nitrogen and oxygen atoms in total. The lowest BCUT2D eigenvalue weighted by Gasteiger charge is -2.34. The van der Waals surface area contributed by atoms with Gasteiger partial charge in [0, 0.05) is 5.56 Å². The highest BCUT2D eigenvalue weighted by molar-refractivity contribution is 5.87. The molecule has 0 bridgehead atoms. The van der Waals surface area contributed by atoms with Gasteiger partial charge < -0.3 is 14.9 Å². The Morgan fingerprint density at radius 3 is 1.81 bits per heavy atom. The van der Waals surface area contributed by atoms with Crippen LogP contribution in [0.1, 0.15) is 22.3 Å². The Hall–Kier alpha value is -4.34. The summed E-state index contributed by atoms with van der Waals surface area (Å²) in [5, 5.41) is 20.0. The van der Waals surface area contributed by atoms with Gasteiger partial charge in [0.25, 0.3) is 0 Å². The summed E-state index contributed by atoms with van der Waals surface area (Å²) in [4.78, 5) is 0. The minimum Gasteiger partial charge on any atom is -0.507 e. The largest absolute Gasteiger partial charge is 0.507 e. The fraction of sp³-hybridized carbons (Fsp3) is 0.0909. The van der Waals surface area contributed by atoms with Crippen molar-refractivity contribution in [2.24, 2.45) is 0 Å². The number of phenolic OH excluding ortho intramolecular Hbond substituents is 1. The van der Waals surface area contributed by atoms with E-state index in [2.05, 4.69) is 66.7 Å². The molecule has 5 aromatic carbocycles. The lowest BCUT2D eigenvalue weighted by atomic mass is 9.67. The zero-order chi connectivity index (χ0) is 24.5. The maximum Gasteiger partial charge on any atom is 0.123 e. The molecule has 36 heavy (non-hydrogen) atoms. The van der Waals surface area contributed by atoms with E-state index >= 15 is 0 Å². The van der Waals surface area contributed by atoms with Crippen LogP contribution in [-0.4, -0.2) is 23.4 Å². The third-order valence-corrected chi connectivity index (χ3v) is 7.11. The number of hydrogen-bond acceptors (Lipinski definition) is 3. The summed E-state index contributed by atoms with van der Waals surface area (Å²) >= 11 is 0. The number of aromatic hydroxyl groups is 1. The molecule has 0 aromatic heterocycles. The van der Waals surface area contributed by atoms with E-state index in [9.17, 15) is 5.11 Å². The smallest absolute Gasteiger partial charge is 0.123 e. The number of aliphatic hydroxyl groups is 1. The molecular formula is C33H26O3. The lowest BCUT2D eigenvalue weighted by molar-refractivity contribution is 0.201. The first-order valence-corrected chi connectivity index (χ1v) is 12.2. The van der Waals surface area contributed by atoms with Crippen molar-refractivity contribution in [1.82, 2.24) is 0 Å². The fourth-order valence-corrected chi connectivity index (χ4v) is 5.61. The van der Waals surface area contributed by atoms with Crippen molar-refractivity contribution in [1.29, 1.82) is 0 Å². The number of fused-ring (bicyclic) bond motifs is 3. The first-order valence-electron chi connectivity index (χ1n) is 12.2. The van der Waals surface area contributed by atoms with Crippen LogP contribution in [0.3, 0.4) is 0 Å². The van der Waals surface area contributed by atoms with Gasteiger partial charge >= 0.3 is 0 Å². The molecule has 0 heterocycles. The maximum atomic E-state index is 10.9. The van der Waals surface area contributed by atoms with Gasteiger partial charge in [-0.1, -0.05) is 97.1 Å². The van der Waals surface area contributed by atoms with Gasteiger partial charge in [-0.2, -0.15) is 0 Å². The Balaban J connectivity index is 1.65.